The van der Waals surface area contributed by atoms with E-state index < -0.39 is 0 Å². The van der Waals surface area contributed by atoms with Gasteiger partial charge in [0.05, 0.1) is 0 Å². The molecule has 0 radical (unpaired) electrons. The molecule has 3 N–H and O–H groups in total. The van der Waals surface area contributed by atoms with Gasteiger partial charge in [0.25, 0.3) is 0 Å². The zero-order valence-corrected chi connectivity index (χ0v) is 12.5. The van der Waals surface area contributed by atoms with E-state index in [1.54, 1.807) is 12.1 Å². The van der Waals surface area contributed by atoms with Crippen molar-refractivity contribution < 1.29 is 4.39 Å². The van der Waals surface area contributed by atoms with E-state index in [-0.39, 0.29) is 11.2 Å². The number of anilines is 1. The molecule has 0 spiro atoms. The van der Waals surface area contributed by atoms with Crippen molar-refractivity contribution in [1.82, 2.24) is 5.32 Å². The first-order valence-electron chi connectivity index (χ1n) is 7.48. The molecule has 114 valence electrons. The molecule has 22 heavy (non-hydrogen) atoms. The van der Waals surface area contributed by atoms with E-state index in [4.69, 9.17) is 5.41 Å². The average molecular weight is 297 g/mol. The third-order valence-electron chi connectivity index (χ3n) is 4.51. The Morgan fingerprint density at radius 1 is 1.32 bits per heavy atom. The molecular formula is C18H20FN3. The number of benzene rings is 1. The highest BCUT2D eigenvalue weighted by Crippen LogP contribution is 2.43. The molecule has 4 heteroatoms. The minimum atomic E-state index is -0.252. The monoisotopic (exact) mass is 297 g/mol. The lowest BCUT2D eigenvalue weighted by Crippen LogP contribution is -2.42. The van der Waals surface area contributed by atoms with Gasteiger partial charge in [0, 0.05) is 29.6 Å². The van der Waals surface area contributed by atoms with Gasteiger partial charge in [-0.25, -0.2) is 4.39 Å². The first-order valence-corrected chi connectivity index (χ1v) is 7.48. The van der Waals surface area contributed by atoms with E-state index >= 15 is 0 Å². The molecule has 0 saturated carbocycles. The van der Waals surface area contributed by atoms with Gasteiger partial charge in [-0.3, -0.25) is 0 Å². The molecule has 1 fully saturated rings. The summed E-state index contributed by atoms with van der Waals surface area (Å²) in [5, 5.41) is 14.5. The molecule has 1 aromatic carbocycles. The Morgan fingerprint density at radius 3 is 2.77 bits per heavy atom. The molecule has 1 saturated heterocycles. The summed E-state index contributed by atoms with van der Waals surface area (Å²) in [6.07, 6.45) is 7.28. The molecule has 1 atom stereocenters. The molecule has 3 rings (SSSR count). The molecule has 3 nitrogen and oxygen atoms in total. The van der Waals surface area contributed by atoms with Crippen LogP contribution in [-0.4, -0.2) is 19.3 Å². The number of nitrogens with one attached hydrogen (secondary N) is 3. The van der Waals surface area contributed by atoms with Crippen LogP contribution in [-0.2, 0) is 0 Å². The van der Waals surface area contributed by atoms with Crippen LogP contribution in [0.3, 0.4) is 0 Å². The number of rotatable bonds is 4. The Balaban J connectivity index is 1.94. The van der Waals surface area contributed by atoms with Gasteiger partial charge in [-0.05, 0) is 55.3 Å². The van der Waals surface area contributed by atoms with Gasteiger partial charge >= 0.3 is 0 Å². The van der Waals surface area contributed by atoms with Crippen LogP contribution in [0.25, 0.3) is 0 Å². The van der Waals surface area contributed by atoms with Gasteiger partial charge in [-0.2, -0.15) is 0 Å². The highest BCUT2D eigenvalue weighted by molar-refractivity contribution is 5.81. The zero-order valence-electron chi connectivity index (χ0n) is 12.5. The summed E-state index contributed by atoms with van der Waals surface area (Å²) in [7, 11) is 0. The molecule has 1 aliphatic heterocycles. The second kappa shape index (κ2) is 5.89. The Bertz CT molecular complexity index is 657. The quantitative estimate of drug-likeness (QED) is 0.587. The van der Waals surface area contributed by atoms with Gasteiger partial charge in [0.1, 0.15) is 5.82 Å². The Morgan fingerprint density at radius 2 is 2.09 bits per heavy atom. The Hall–Kier alpha value is -2.20. The maximum Gasteiger partial charge on any atom is 0.123 e. The average Bonchev–Trinajstić information content (AvgIpc) is 2.56. The number of fused-ring (bicyclic) bond motifs is 1. The standard InChI is InChI=1S/C18H20FN3/c1-2-18-10-13(11-20)17(9-14(18)7-8-21-12-18)22-16-5-3-15(19)4-6-16/h2-6,9,11,20-22H,1,7-8,10,12H2. The van der Waals surface area contributed by atoms with E-state index in [2.05, 4.69) is 23.3 Å². The number of piperidine rings is 1. The fraction of sp³-hybridized carbons (Fsp3) is 0.278. The first-order chi connectivity index (χ1) is 10.7. The number of hydrogen-bond donors (Lipinski definition) is 3. The smallest absolute Gasteiger partial charge is 0.123 e. The van der Waals surface area contributed by atoms with Crippen LogP contribution >= 0.6 is 0 Å². The number of halogens is 1. The third kappa shape index (κ3) is 2.62. The highest BCUT2D eigenvalue weighted by Gasteiger charge is 2.37. The Kier molecular flexibility index (Phi) is 3.94. The van der Waals surface area contributed by atoms with Crippen molar-refractivity contribution in [2.45, 2.75) is 12.8 Å². The molecule has 1 aromatic rings. The van der Waals surface area contributed by atoms with Crippen LogP contribution in [0, 0.1) is 16.6 Å². The van der Waals surface area contributed by atoms with Crippen LogP contribution in [0.5, 0.6) is 0 Å². The molecule has 1 heterocycles. The lowest BCUT2D eigenvalue weighted by molar-refractivity contribution is 0.365. The fourth-order valence-corrected chi connectivity index (χ4v) is 3.20. The summed E-state index contributed by atoms with van der Waals surface area (Å²) < 4.78 is 13.0. The molecule has 0 bridgehead atoms. The van der Waals surface area contributed by atoms with E-state index in [9.17, 15) is 4.39 Å². The van der Waals surface area contributed by atoms with Crippen LogP contribution in [0.1, 0.15) is 12.8 Å². The molecule has 1 unspecified atom stereocenters. The summed E-state index contributed by atoms with van der Waals surface area (Å²) in [5.74, 6) is -0.252. The lowest BCUT2D eigenvalue weighted by atomic mass is 9.69. The van der Waals surface area contributed by atoms with Crippen molar-refractivity contribution in [2.75, 3.05) is 18.4 Å². The SMILES string of the molecule is C=CC12CNCCC1=CC(Nc1ccc(F)cc1)=C(C=N)C2. The minimum absolute atomic E-state index is 0.0842. The summed E-state index contributed by atoms with van der Waals surface area (Å²) in [4.78, 5) is 0. The minimum Gasteiger partial charge on any atom is -0.355 e. The zero-order chi connectivity index (χ0) is 15.6. The summed E-state index contributed by atoms with van der Waals surface area (Å²) in [6.45, 7) is 5.83. The second-order valence-corrected chi connectivity index (χ2v) is 5.85. The van der Waals surface area contributed by atoms with Gasteiger partial charge in [-0.1, -0.05) is 11.6 Å². The molecule has 0 aromatic heterocycles. The highest BCUT2D eigenvalue weighted by atomic mass is 19.1. The normalized spacial score (nSPS) is 24.3. The Labute approximate surface area is 130 Å². The van der Waals surface area contributed by atoms with Crippen LogP contribution in [0.15, 0.2) is 59.8 Å². The molecule has 2 aliphatic rings. The second-order valence-electron chi connectivity index (χ2n) is 5.85. The lowest BCUT2D eigenvalue weighted by Gasteiger charge is -2.41. The largest absolute Gasteiger partial charge is 0.355 e. The predicted octanol–water partition coefficient (Wildman–Crippen LogP) is 3.64. The maximum atomic E-state index is 13.0. The van der Waals surface area contributed by atoms with Gasteiger partial charge in [-0.15, -0.1) is 6.58 Å². The van der Waals surface area contributed by atoms with Crippen molar-refractivity contribution >= 4 is 11.9 Å². The summed E-state index contributed by atoms with van der Waals surface area (Å²) >= 11 is 0. The van der Waals surface area contributed by atoms with Crippen LogP contribution < -0.4 is 10.6 Å². The fourth-order valence-electron chi connectivity index (χ4n) is 3.20. The number of hydrogen-bond acceptors (Lipinski definition) is 3. The molecular weight excluding hydrogens is 277 g/mol. The van der Waals surface area contributed by atoms with Crippen molar-refractivity contribution in [2.24, 2.45) is 5.41 Å². The van der Waals surface area contributed by atoms with E-state index in [0.717, 1.165) is 42.9 Å². The van der Waals surface area contributed by atoms with E-state index in [1.165, 1.54) is 23.9 Å². The van der Waals surface area contributed by atoms with E-state index in [1.807, 2.05) is 6.08 Å². The van der Waals surface area contributed by atoms with E-state index in [0.29, 0.717) is 0 Å². The van der Waals surface area contributed by atoms with Crippen molar-refractivity contribution in [3.8, 4) is 0 Å². The summed E-state index contributed by atoms with van der Waals surface area (Å²) in [5.41, 5.74) is 3.95. The predicted molar refractivity (Wildman–Crippen MR) is 88.6 cm³/mol. The van der Waals surface area contributed by atoms with Gasteiger partial charge in [0.15, 0.2) is 0 Å². The number of allylic oxidation sites excluding steroid dienone is 2. The van der Waals surface area contributed by atoms with Crippen molar-refractivity contribution in [1.29, 1.82) is 5.41 Å². The van der Waals surface area contributed by atoms with Crippen LogP contribution in [0.4, 0.5) is 10.1 Å². The molecule has 0 amide bonds. The van der Waals surface area contributed by atoms with Gasteiger partial charge in [0.2, 0.25) is 0 Å². The summed E-state index contributed by atoms with van der Waals surface area (Å²) in [6, 6.07) is 6.28. The van der Waals surface area contributed by atoms with Crippen LogP contribution in [0.2, 0.25) is 0 Å². The third-order valence-corrected chi connectivity index (χ3v) is 4.51. The topological polar surface area (TPSA) is 47.9 Å². The van der Waals surface area contributed by atoms with Gasteiger partial charge < -0.3 is 16.0 Å². The van der Waals surface area contributed by atoms with Crippen molar-refractivity contribution in [3.05, 3.63) is 65.7 Å². The first kappa shape index (κ1) is 14.7. The maximum absolute atomic E-state index is 13.0. The molecule has 1 aliphatic carbocycles. The van der Waals surface area contributed by atoms with Crippen molar-refractivity contribution in [3.63, 3.8) is 0 Å².